The van der Waals surface area contributed by atoms with E-state index < -0.39 is 5.41 Å². The molecule has 154 valence electrons. The van der Waals surface area contributed by atoms with Crippen molar-refractivity contribution in [3.05, 3.63) is 101 Å². The molecule has 2 unspecified atom stereocenters. The number of carbonyl (C=O) groups is 1. The number of rotatable bonds is 3. The smallest absolute Gasteiger partial charge is 0.227 e. The van der Waals surface area contributed by atoms with Gasteiger partial charge in [-0.05, 0) is 41.2 Å². The SMILES string of the molecule is CCC1(C(=O)NC2CC=Nc3ccccc32)CC2c3ccccc3C1c1ccccc12. The van der Waals surface area contributed by atoms with Crippen LogP contribution in [0.15, 0.2) is 77.8 Å². The molecular formula is C28H26N2O. The average molecular weight is 407 g/mol. The van der Waals surface area contributed by atoms with Gasteiger partial charge in [-0.25, -0.2) is 0 Å². The highest BCUT2D eigenvalue weighted by molar-refractivity contribution is 5.88. The summed E-state index contributed by atoms with van der Waals surface area (Å²) in [6, 6.07) is 25.6. The Bertz CT molecular complexity index is 1170. The maximum atomic E-state index is 14.1. The van der Waals surface area contributed by atoms with E-state index in [1.54, 1.807) is 0 Å². The number of amides is 1. The van der Waals surface area contributed by atoms with E-state index in [2.05, 4.69) is 71.8 Å². The van der Waals surface area contributed by atoms with Crippen LogP contribution in [0.5, 0.6) is 0 Å². The summed E-state index contributed by atoms with van der Waals surface area (Å²) in [5.41, 5.74) is 7.12. The summed E-state index contributed by atoms with van der Waals surface area (Å²) in [4.78, 5) is 18.6. The first kappa shape index (κ1) is 18.6. The second-order valence-corrected chi connectivity index (χ2v) is 9.09. The van der Waals surface area contributed by atoms with Gasteiger partial charge in [-0.2, -0.15) is 0 Å². The number of para-hydroxylation sites is 1. The van der Waals surface area contributed by atoms with Gasteiger partial charge >= 0.3 is 0 Å². The minimum absolute atomic E-state index is 0.0180. The van der Waals surface area contributed by atoms with Gasteiger partial charge in [0.05, 0.1) is 17.1 Å². The number of hydrogen-bond donors (Lipinski definition) is 1. The molecule has 1 amide bonds. The highest BCUT2D eigenvalue weighted by Gasteiger charge is 2.55. The molecule has 3 heteroatoms. The van der Waals surface area contributed by atoms with Crippen LogP contribution in [0.2, 0.25) is 0 Å². The van der Waals surface area contributed by atoms with Crippen molar-refractivity contribution in [2.24, 2.45) is 10.4 Å². The fourth-order valence-corrected chi connectivity index (χ4v) is 6.27. The molecule has 3 aromatic carbocycles. The molecule has 0 radical (unpaired) electrons. The molecule has 4 aliphatic rings. The summed E-state index contributed by atoms with van der Waals surface area (Å²) >= 11 is 0. The van der Waals surface area contributed by atoms with Crippen molar-refractivity contribution in [1.29, 1.82) is 0 Å². The van der Waals surface area contributed by atoms with Crippen molar-refractivity contribution in [3.8, 4) is 0 Å². The number of nitrogens with one attached hydrogen (secondary N) is 1. The van der Waals surface area contributed by atoms with Gasteiger partial charge in [-0.1, -0.05) is 73.7 Å². The minimum atomic E-state index is -0.434. The third-order valence-electron chi connectivity index (χ3n) is 7.76. The lowest BCUT2D eigenvalue weighted by Gasteiger charge is -2.52. The molecule has 1 aliphatic heterocycles. The van der Waals surface area contributed by atoms with E-state index in [1.807, 2.05) is 24.4 Å². The van der Waals surface area contributed by atoms with Crippen molar-refractivity contribution in [2.75, 3.05) is 0 Å². The number of aliphatic imine (C=N–C) groups is 1. The second kappa shape index (κ2) is 6.91. The first-order chi connectivity index (χ1) is 15.2. The van der Waals surface area contributed by atoms with Gasteiger partial charge < -0.3 is 5.32 Å². The third kappa shape index (κ3) is 2.59. The van der Waals surface area contributed by atoms with Crippen molar-refractivity contribution >= 4 is 17.8 Å². The highest BCUT2D eigenvalue weighted by atomic mass is 16.2. The Balaban J connectivity index is 1.43. The third-order valence-corrected chi connectivity index (χ3v) is 7.76. The molecule has 2 bridgehead atoms. The Morgan fingerprint density at radius 3 is 2.13 bits per heavy atom. The molecule has 3 nitrogen and oxygen atoms in total. The number of nitrogens with zero attached hydrogens (tertiary/aromatic N) is 1. The van der Waals surface area contributed by atoms with Gasteiger partial charge in [0.15, 0.2) is 0 Å². The first-order valence-electron chi connectivity index (χ1n) is 11.3. The Hall–Kier alpha value is -3.20. The van der Waals surface area contributed by atoms with E-state index in [0.29, 0.717) is 0 Å². The number of hydrogen-bond acceptors (Lipinski definition) is 2. The molecule has 0 aromatic heterocycles. The number of benzene rings is 3. The maximum Gasteiger partial charge on any atom is 0.227 e. The van der Waals surface area contributed by atoms with E-state index in [9.17, 15) is 4.79 Å². The fraction of sp³-hybridized carbons (Fsp3) is 0.286. The van der Waals surface area contributed by atoms with Gasteiger partial charge in [-0.15, -0.1) is 0 Å². The quantitative estimate of drug-likeness (QED) is 0.567. The first-order valence-corrected chi connectivity index (χ1v) is 11.3. The summed E-state index contributed by atoms with van der Waals surface area (Å²) in [6.07, 6.45) is 4.37. The monoisotopic (exact) mass is 406 g/mol. The zero-order chi connectivity index (χ0) is 21.0. The van der Waals surface area contributed by atoms with Crippen molar-refractivity contribution < 1.29 is 4.79 Å². The summed E-state index contributed by atoms with van der Waals surface area (Å²) in [6.45, 7) is 2.18. The van der Waals surface area contributed by atoms with Crippen LogP contribution >= 0.6 is 0 Å². The zero-order valence-corrected chi connectivity index (χ0v) is 17.7. The Kier molecular flexibility index (Phi) is 4.14. The van der Waals surface area contributed by atoms with Crippen LogP contribution < -0.4 is 5.32 Å². The molecule has 2 atom stereocenters. The van der Waals surface area contributed by atoms with Gasteiger partial charge in [0, 0.05) is 30.0 Å². The van der Waals surface area contributed by atoms with E-state index in [1.165, 1.54) is 22.3 Å². The Morgan fingerprint density at radius 1 is 0.903 bits per heavy atom. The summed E-state index contributed by atoms with van der Waals surface area (Å²) in [5.74, 6) is 0.565. The molecular weight excluding hydrogens is 380 g/mol. The predicted molar refractivity (Wildman–Crippen MR) is 124 cm³/mol. The molecule has 0 spiro atoms. The molecule has 0 saturated heterocycles. The van der Waals surface area contributed by atoms with E-state index >= 15 is 0 Å². The molecule has 31 heavy (non-hydrogen) atoms. The molecule has 7 rings (SSSR count). The lowest BCUT2D eigenvalue weighted by Crippen LogP contribution is -2.51. The topological polar surface area (TPSA) is 41.5 Å². The normalized spacial score (nSPS) is 27.2. The maximum absolute atomic E-state index is 14.1. The highest BCUT2D eigenvalue weighted by Crippen LogP contribution is 2.62. The van der Waals surface area contributed by atoms with Gasteiger partial charge in [-0.3, -0.25) is 9.79 Å². The van der Waals surface area contributed by atoms with Crippen LogP contribution in [0.3, 0.4) is 0 Å². The van der Waals surface area contributed by atoms with Crippen molar-refractivity contribution in [3.63, 3.8) is 0 Å². The largest absolute Gasteiger partial charge is 0.348 e. The van der Waals surface area contributed by atoms with Crippen molar-refractivity contribution in [2.45, 2.75) is 44.1 Å². The predicted octanol–water partition coefficient (Wildman–Crippen LogP) is 6.03. The lowest BCUT2D eigenvalue weighted by atomic mass is 9.51. The zero-order valence-electron chi connectivity index (χ0n) is 17.7. The number of fused-ring (bicyclic) bond motifs is 2. The Morgan fingerprint density at radius 2 is 1.48 bits per heavy atom. The molecule has 1 N–H and O–H groups in total. The lowest BCUT2D eigenvalue weighted by molar-refractivity contribution is -0.134. The molecule has 3 aromatic rings. The summed E-state index contributed by atoms with van der Waals surface area (Å²) in [5, 5.41) is 3.45. The summed E-state index contributed by atoms with van der Waals surface area (Å²) in [7, 11) is 0. The molecule has 1 heterocycles. The molecule has 3 aliphatic carbocycles. The Labute approximate surface area is 183 Å². The number of carbonyl (C=O) groups excluding carboxylic acids is 1. The van der Waals surface area contributed by atoms with E-state index in [-0.39, 0.29) is 23.8 Å². The minimum Gasteiger partial charge on any atom is -0.348 e. The van der Waals surface area contributed by atoms with Crippen LogP contribution in [-0.2, 0) is 4.79 Å². The second-order valence-electron chi connectivity index (χ2n) is 9.09. The summed E-state index contributed by atoms with van der Waals surface area (Å²) < 4.78 is 0. The van der Waals surface area contributed by atoms with Crippen LogP contribution in [0.4, 0.5) is 5.69 Å². The van der Waals surface area contributed by atoms with Gasteiger partial charge in [0.25, 0.3) is 0 Å². The fourth-order valence-electron chi connectivity index (χ4n) is 6.27. The van der Waals surface area contributed by atoms with Gasteiger partial charge in [0.1, 0.15) is 0 Å². The van der Waals surface area contributed by atoms with E-state index in [0.717, 1.165) is 30.5 Å². The average Bonchev–Trinajstić information content (AvgIpc) is 2.84. The van der Waals surface area contributed by atoms with E-state index in [4.69, 9.17) is 0 Å². The van der Waals surface area contributed by atoms with Crippen LogP contribution in [0.1, 0.15) is 71.9 Å². The van der Waals surface area contributed by atoms with Gasteiger partial charge in [0.2, 0.25) is 5.91 Å². The molecule has 0 saturated carbocycles. The molecule has 0 fully saturated rings. The standard InChI is InChI=1S/C28H26N2O/c1-2-28(27(31)30-25-15-16-29-24-14-8-7-13-22(24)25)17-23-18-9-3-5-11-20(18)26(28)21-12-6-4-10-19(21)23/h3-14,16,23,25-26H,2,15,17H2,1H3,(H,30,31). The van der Waals surface area contributed by atoms with Crippen LogP contribution in [-0.4, -0.2) is 12.1 Å². The van der Waals surface area contributed by atoms with Crippen molar-refractivity contribution in [1.82, 2.24) is 5.32 Å². The van der Waals surface area contributed by atoms with Crippen LogP contribution in [0, 0.1) is 5.41 Å². The van der Waals surface area contributed by atoms with Crippen LogP contribution in [0.25, 0.3) is 0 Å².